The van der Waals surface area contributed by atoms with Gasteiger partial charge in [0.15, 0.2) is 0 Å². The van der Waals surface area contributed by atoms with E-state index in [1.165, 1.54) is 19.3 Å². The molecule has 0 unspecified atom stereocenters. The number of rotatable bonds is 2. The molecule has 2 bridgehead atoms. The summed E-state index contributed by atoms with van der Waals surface area (Å²) in [6.07, 6.45) is 4.97. The number of benzene rings is 1. The van der Waals surface area contributed by atoms with Crippen molar-refractivity contribution in [1.29, 1.82) is 0 Å². The van der Waals surface area contributed by atoms with E-state index in [1.54, 1.807) is 0 Å². The van der Waals surface area contributed by atoms with Crippen LogP contribution in [0.4, 0.5) is 5.69 Å². The molecule has 2 saturated carbocycles. The minimum Gasteiger partial charge on any atom is -0.326 e. The number of carbonyl (C=O) groups excluding carboxylic acids is 1. The summed E-state index contributed by atoms with van der Waals surface area (Å²) in [6, 6.07) is 7.79. The lowest BCUT2D eigenvalue weighted by Gasteiger charge is -2.20. The second-order valence-corrected chi connectivity index (χ2v) is 6.19. The van der Waals surface area contributed by atoms with Crippen LogP contribution >= 0.6 is 15.9 Å². The third-order valence-corrected chi connectivity index (χ3v) is 4.72. The van der Waals surface area contributed by atoms with E-state index >= 15 is 0 Å². The molecule has 1 N–H and O–H groups in total. The monoisotopic (exact) mass is 293 g/mol. The molecule has 17 heavy (non-hydrogen) atoms. The van der Waals surface area contributed by atoms with Gasteiger partial charge in [-0.3, -0.25) is 4.79 Å². The first kappa shape index (κ1) is 11.3. The van der Waals surface area contributed by atoms with Crippen LogP contribution in [0.2, 0.25) is 0 Å². The number of amides is 1. The van der Waals surface area contributed by atoms with E-state index in [2.05, 4.69) is 21.2 Å². The predicted octanol–water partition coefficient (Wildman–Crippen LogP) is 3.82. The van der Waals surface area contributed by atoms with E-state index < -0.39 is 0 Å². The van der Waals surface area contributed by atoms with Crippen molar-refractivity contribution < 1.29 is 4.79 Å². The largest absolute Gasteiger partial charge is 0.326 e. The average molecular weight is 294 g/mol. The maximum absolute atomic E-state index is 12.2. The van der Waals surface area contributed by atoms with E-state index in [-0.39, 0.29) is 11.8 Å². The first-order valence-corrected chi connectivity index (χ1v) is 7.08. The fraction of sp³-hybridized carbons (Fsp3) is 0.500. The van der Waals surface area contributed by atoms with Gasteiger partial charge in [0, 0.05) is 16.1 Å². The van der Waals surface area contributed by atoms with Crippen molar-refractivity contribution in [1.82, 2.24) is 0 Å². The SMILES string of the molecule is O=C(Nc1ccc(Br)cc1)[C@@H]1C[C@H]2CC[C@@H]1C2. The zero-order valence-electron chi connectivity index (χ0n) is 9.66. The molecule has 90 valence electrons. The predicted molar refractivity (Wildman–Crippen MR) is 71.7 cm³/mol. The van der Waals surface area contributed by atoms with Crippen LogP contribution < -0.4 is 5.32 Å². The Balaban J connectivity index is 1.65. The maximum atomic E-state index is 12.2. The Morgan fingerprint density at radius 1 is 1.18 bits per heavy atom. The standard InChI is InChI=1S/C14H16BrNO/c15-11-3-5-12(6-4-11)16-14(17)13-8-9-1-2-10(13)7-9/h3-6,9-10,13H,1-2,7-8H2,(H,16,17)/t9-,10+,13+/m0/s1. The number of nitrogens with one attached hydrogen (secondary N) is 1. The van der Waals surface area contributed by atoms with Gasteiger partial charge < -0.3 is 5.32 Å². The smallest absolute Gasteiger partial charge is 0.227 e. The summed E-state index contributed by atoms with van der Waals surface area (Å²) < 4.78 is 1.04. The first-order valence-electron chi connectivity index (χ1n) is 6.29. The van der Waals surface area contributed by atoms with Gasteiger partial charge in [0.25, 0.3) is 0 Å². The van der Waals surface area contributed by atoms with Crippen molar-refractivity contribution in [2.75, 3.05) is 5.32 Å². The lowest BCUT2D eigenvalue weighted by atomic mass is 9.88. The molecule has 0 saturated heterocycles. The quantitative estimate of drug-likeness (QED) is 0.882. The highest BCUT2D eigenvalue weighted by Crippen LogP contribution is 2.48. The second kappa shape index (κ2) is 4.45. The van der Waals surface area contributed by atoms with E-state index in [4.69, 9.17) is 0 Å². The minimum absolute atomic E-state index is 0.222. The Labute approximate surface area is 110 Å². The summed E-state index contributed by atoms with van der Waals surface area (Å²) in [7, 11) is 0. The van der Waals surface area contributed by atoms with Gasteiger partial charge in [0.2, 0.25) is 5.91 Å². The summed E-state index contributed by atoms with van der Waals surface area (Å²) >= 11 is 3.39. The number of hydrogen-bond donors (Lipinski definition) is 1. The molecule has 0 aliphatic heterocycles. The van der Waals surface area contributed by atoms with Gasteiger partial charge in [-0.05, 0) is 55.4 Å². The number of hydrogen-bond acceptors (Lipinski definition) is 1. The molecule has 2 aliphatic carbocycles. The van der Waals surface area contributed by atoms with Gasteiger partial charge >= 0.3 is 0 Å². The van der Waals surface area contributed by atoms with Crippen molar-refractivity contribution in [2.45, 2.75) is 25.7 Å². The molecule has 1 aromatic carbocycles. The van der Waals surface area contributed by atoms with Crippen molar-refractivity contribution in [3.05, 3.63) is 28.7 Å². The zero-order valence-corrected chi connectivity index (χ0v) is 11.2. The molecule has 2 nitrogen and oxygen atoms in total. The van der Waals surface area contributed by atoms with Gasteiger partial charge in [0.1, 0.15) is 0 Å². The van der Waals surface area contributed by atoms with Crippen LogP contribution in [0.5, 0.6) is 0 Å². The van der Waals surface area contributed by atoms with Gasteiger partial charge in [-0.15, -0.1) is 0 Å². The highest BCUT2D eigenvalue weighted by molar-refractivity contribution is 9.10. The van der Waals surface area contributed by atoms with Crippen LogP contribution in [-0.4, -0.2) is 5.91 Å². The third kappa shape index (κ3) is 2.25. The molecule has 0 radical (unpaired) electrons. The Hall–Kier alpha value is -0.830. The number of halogens is 1. The van der Waals surface area contributed by atoms with E-state index in [9.17, 15) is 4.79 Å². The van der Waals surface area contributed by atoms with Crippen LogP contribution in [0.1, 0.15) is 25.7 Å². The maximum Gasteiger partial charge on any atom is 0.227 e. The molecule has 2 aliphatic rings. The van der Waals surface area contributed by atoms with Crippen molar-refractivity contribution in [2.24, 2.45) is 17.8 Å². The van der Waals surface area contributed by atoms with Gasteiger partial charge in [-0.25, -0.2) is 0 Å². The molecule has 3 atom stereocenters. The highest BCUT2D eigenvalue weighted by Gasteiger charge is 2.42. The average Bonchev–Trinajstić information content (AvgIpc) is 2.94. The summed E-state index contributed by atoms with van der Waals surface area (Å²) in [6.45, 7) is 0. The molecule has 1 amide bonds. The molecule has 2 fully saturated rings. The van der Waals surface area contributed by atoms with Crippen molar-refractivity contribution in [3.8, 4) is 0 Å². The van der Waals surface area contributed by atoms with Crippen molar-refractivity contribution in [3.63, 3.8) is 0 Å². The Morgan fingerprint density at radius 2 is 1.94 bits per heavy atom. The molecule has 0 aromatic heterocycles. The first-order chi connectivity index (χ1) is 8.22. The summed E-state index contributed by atoms with van der Waals surface area (Å²) in [5.41, 5.74) is 0.904. The van der Waals surface area contributed by atoms with Crippen molar-refractivity contribution >= 4 is 27.5 Å². The molecule has 1 aromatic rings. The van der Waals surface area contributed by atoms with Gasteiger partial charge in [0.05, 0.1) is 0 Å². The minimum atomic E-state index is 0.222. The molecule has 3 heteroatoms. The number of anilines is 1. The molecular weight excluding hydrogens is 278 g/mol. The summed E-state index contributed by atoms with van der Waals surface area (Å²) in [4.78, 5) is 12.2. The second-order valence-electron chi connectivity index (χ2n) is 5.28. The normalized spacial score (nSPS) is 30.5. The number of carbonyl (C=O) groups is 1. The molecule has 0 heterocycles. The van der Waals surface area contributed by atoms with Crippen LogP contribution in [0, 0.1) is 17.8 Å². The van der Waals surface area contributed by atoms with Gasteiger partial charge in [-0.2, -0.15) is 0 Å². The third-order valence-electron chi connectivity index (χ3n) is 4.19. The highest BCUT2D eigenvalue weighted by atomic mass is 79.9. The fourth-order valence-electron chi connectivity index (χ4n) is 3.33. The topological polar surface area (TPSA) is 29.1 Å². The fourth-order valence-corrected chi connectivity index (χ4v) is 3.60. The lowest BCUT2D eigenvalue weighted by Crippen LogP contribution is -2.27. The molecule has 0 spiro atoms. The molecule has 3 rings (SSSR count). The van der Waals surface area contributed by atoms with E-state index in [0.29, 0.717) is 5.92 Å². The molecular formula is C14H16BrNO. The van der Waals surface area contributed by atoms with E-state index in [0.717, 1.165) is 22.5 Å². The zero-order chi connectivity index (χ0) is 11.8. The Bertz CT molecular complexity index is 428. The summed E-state index contributed by atoms with van der Waals surface area (Å²) in [5, 5.41) is 3.04. The van der Waals surface area contributed by atoms with Gasteiger partial charge in [-0.1, -0.05) is 22.4 Å². The van der Waals surface area contributed by atoms with Crippen LogP contribution in [-0.2, 0) is 4.79 Å². The number of fused-ring (bicyclic) bond motifs is 2. The Kier molecular flexibility index (Phi) is 2.95. The van der Waals surface area contributed by atoms with Crippen LogP contribution in [0.15, 0.2) is 28.7 Å². The van der Waals surface area contributed by atoms with Crippen LogP contribution in [0.3, 0.4) is 0 Å². The summed E-state index contributed by atoms with van der Waals surface area (Å²) in [5.74, 6) is 1.95. The van der Waals surface area contributed by atoms with Crippen LogP contribution in [0.25, 0.3) is 0 Å². The lowest BCUT2D eigenvalue weighted by molar-refractivity contribution is -0.121. The van der Waals surface area contributed by atoms with E-state index in [1.807, 2.05) is 24.3 Å². The Morgan fingerprint density at radius 3 is 2.53 bits per heavy atom.